The first-order valence-corrected chi connectivity index (χ1v) is 12.6. The summed E-state index contributed by atoms with van der Waals surface area (Å²) in [6.45, 7) is 5.94. The van der Waals surface area contributed by atoms with E-state index in [0.717, 1.165) is 67.1 Å². The highest BCUT2D eigenvalue weighted by molar-refractivity contribution is 5.89. The lowest BCUT2D eigenvalue weighted by molar-refractivity contribution is -0.107. The second kappa shape index (κ2) is 12.1. The van der Waals surface area contributed by atoms with E-state index in [4.69, 9.17) is 9.47 Å². The van der Waals surface area contributed by atoms with Gasteiger partial charge in [-0.25, -0.2) is 4.98 Å². The first-order chi connectivity index (χ1) is 17.2. The Balaban J connectivity index is 0.000000200. The molecular weight excluding hydrogens is 440 g/mol. The van der Waals surface area contributed by atoms with Crippen molar-refractivity contribution in [2.45, 2.75) is 57.8 Å². The summed E-state index contributed by atoms with van der Waals surface area (Å²) in [7, 11) is 0. The standard InChI is InChI=1S/C17H18N4O2.C9H16O.C2H2/c22-12-21-11-13-2-1-5-18-17(13)19-15-4-3-14(10-16(15)21)20-6-8-23-9-7-20;1-7-6-8-4-2-3-5-9(8)10-7;1-2/h1-5,10,12H,6-9,11H2,(H,18,19);7-9H,2-6H2,1H3;1-2H/t;7-,8+,9+;/m.1./s1. The van der Waals surface area contributed by atoms with Crippen LogP contribution in [0.1, 0.15) is 44.6 Å². The van der Waals surface area contributed by atoms with Crippen LogP contribution in [0.15, 0.2) is 36.5 Å². The van der Waals surface area contributed by atoms with E-state index in [0.29, 0.717) is 18.8 Å². The van der Waals surface area contributed by atoms with Crippen molar-refractivity contribution < 1.29 is 14.3 Å². The van der Waals surface area contributed by atoms with Gasteiger partial charge >= 0.3 is 0 Å². The molecule has 7 heteroatoms. The Morgan fingerprint density at radius 2 is 1.94 bits per heavy atom. The third-order valence-electron chi connectivity index (χ3n) is 7.16. The summed E-state index contributed by atoms with van der Waals surface area (Å²) in [5, 5.41) is 3.34. The lowest BCUT2D eigenvalue weighted by atomic mass is 9.86. The van der Waals surface area contributed by atoms with Crippen molar-refractivity contribution in [2.24, 2.45) is 5.92 Å². The van der Waals surface area contributed by atoms with E-state index in [2.05, 4.69) is 47.1 Å². The quantitative estimate of drug-likeness (QED) is 0.499. The summed E-state index contributed by atoms with van der Waals surface area (Å²) in [6, 6.07) is 10.0. The monoisotopic (exact) mass is 476 g/mol. The van der Waals surface area contributed by atoms with Crippen LogP contribution in [0.25, 0.3) is 0 Å². The summed E-state index contributed by atoms with van der Waals surface area (Å²) in [4.78, 5) is 20.0. The van der Waals surface area contributed by atoms with Gasteiger partial charge in [-0.05, 0) is 56.4 Å². The van der Waals surface area contributed by atoms with Gasteiger partial charge in [0.15, 0.2) is 0 Å². The molecule has 1 aromatic carbocycles. The number of terminal acetylenes is 1. The molecule has 35 heavy (non-hydrogen) atoms. The minimum atomic E-state index is 0.513. The Labute approximate surface area is 208 Å². The molecule has 0 radical (unpaired) electrons. The number of aromatic nitrogens is 1. The molecule has 1 amide bonds. The van der Waals surface area contributed by atoms with E-state index in [1.165, 1.54) is 32.1 Å². The number of carbonyl (C=O) groups is 1. The molecule has 4 aliphatic rings. The van der Waals surface area contributed by atoms with Crippen LogP contribution in [0.4, 0.5) is 22.9 Å². The van der Waals surface area contributed by atoms with Crippen LogP contribution >= 0.6 is 0 Å². The summed E-state index contributed by atoms with van der Waals surface area (Å²) >= 11 is 0. The SMILES string of the molecule is C#C.C[C@@H]1C[C@@H]2CCCC[C@@H]2O1.O=CN1Cc2cccnc2Nc2ccc(N3CCOCC3)cc21. The zero-order chi connectivity index (χ0) is 24.6. The normalized spacial score (nSPS) is 24.6. The number of amides is 1. The zero-order valence-corrected chi connectivity index (χ0v) is 20.6. The number of fused-ring (bicyclic) bond motifs is 3. The number of anilines is 4. The molecule has 3 aliphatic heterocycles. The Hall–Kier alpha value is -3.08. The van der Waals surface area contributed by atoms with Gasteiger partial charge in [0.1, 0.15) is 5.82 Å². The molecule has 0 spiro atoms. The number of rotatable bonds is 2. The lowest BCUT2D eigenvalue weighted by Gasteiger charge is -2.30. The van der Waals surface area contributed by atoms with Gasteiger partial charge in [0.05, 0.1) is 43.3 Å². The Morgan fingerprint density at radius 1 is 1.14 bits per heavy atom. The van der Waals surface area contributed by atoms with E-state index < -0.39 is 0 Å². The number of carbonyl (C=O) groups excluding carboxylic acids is 1. The van der Waals surface area contributed by atoms with Crippen molar-refractivity contribution in [3.05, 3.63) is 42.1 Å². The van der Waals surface area contributed by atoms with Crippen LogP contribution < -0.4 is 15.1 Å². The van der Waals surface area contributed by atoms with E-state index in [-0.39, 0.29) is 0 Å². The van der Waals surface area contributed by atoms with E-state index in [1.807, 2.05) is 18.2 Å². The molecular formula is C28H36N4O3. The number of benzene rings is 1. The highest BCUT2D eigenvalue weighted by atomic mass is 16.5. The maximum Gasteiger partial charge on any atom is 0.214 e. The number of pyridine rings is 1. The number of hydrogen-bond acceptors (Lipinski definition) is 6. The Morgan fingerprint density at radius 3 is 2.71 bits per heavy atom. The average molecular weight is 477 g/mol. The van der Waals surface area contributed by atoms with Crippen molar-refractivity contribution in [3.63, 3.8) is 0 Å². The number of nitrogens with one attached hydrogen (secondary N) is 1. The summed E-state index contributed by atoms with van der Waals surface area (Å²) in [5.41, 5.74) is 3.89. The summed E-state index contributed by atoms with van der Waals surface area (Å²) in [5.74, 6) is 1.72. The van der Waals surface area contributed by atoms with E-state index >= 15 is 0 Å². The first-order valence-electron chi connectivity index (χ1n) is 12.6. The average Bonchev–Trinajstić information content (AvgIpc) is 3.22. The van der Waals surface area contributed by atoms with Crippen molar-refractivity contribution in [2.75, 3.05) is 41.4 Å². The lowest BCUT2D eigenvalue weighted by Crippen LogP contribution is -2.36. The van der Waals surface area contributed by atoms with Gasteiger partial charge in [-0.15, -0.1) is 12.8 Å². The van der Waals surface area contributed by atoms with Gasteiger partial charge in [-0.1, -0.05) is 18.9 Å². The highest BCUT2D eigenvalue weighted by Gasteiger charge is 2.34. The number of ether oxygens (including phenoxy) is 2. The van der Waals surface area contributed by atoms with Gasteiger partial charge in [0.25, 0.3) is 0 Å². The minimum absolute atomic E-state index is 0.513. The molecule has 3 fully saturated rings. The van der Waals surface area contributed by atoms with Gasteiger partial charge in [-0.2, -0.15) is 0 Å². The van der Waals surface area contributed by atoms with Crippen LogP contribution in [0, 0.1) is 18.8 Å². The van der Waals surface area contributed by atoms with Crippen LogP contribution in [0.2, 0.25) is 0 Å². The molecule has 186 valence electrons. The maximum absolute atomic E-state index is 11.6. The number of morpholine rings is 1. The fourth-order valence-electron chi connectivity index (χ4n) is 5.45. The number of hydrogen-bond donors (Lipinski definition) is 1. The second-order valence-electron chi connectivity index (χ2n) is 9.44. The molecule has 1 aromatic heterocycles. The minimum Gasteiger partial charge on any atom is -0.378 e. The van der Waals surface area contributed by atoms with Crippen LogP contribution in [-0.4, -0.2) is 49.9 Å². The fraction of sp³-hybridized carbons (Fsp3) is 0.500. The van der Waals surface area contributed by atoms with Crippen molar-refractivity contribution in [3.8, 4) is 12.8 Å². The maximum atomic E-state index is 11.6. The van der Waals surface area contributed by atoms with Crippen LogP contribution in [0.5, 0.6) is 0 Å². The molecule has 7 nitrogen and oxygen atoms in total. The van der Waals surface area contributed by atoms with Gasteiger partial charge in [0.2, 0.25) is 6.41 Å². The van der Waals surface area contributed by atoms with Crippen LogP contribution in [0.3, 0.4) is 0 Å². The molecule has 1 saturated carbocycles. The van der Waals surface area contributed by atoms with Gasteiger partial charge < -0.3 is 24.6 Å². The third kappa shape index (κ3) is 5.95. The molecule has 3 atom stereocenters. The molecule has 2 aromatic rings. The molecule has 2 saturated heterocycles. The molecule has 1 N–H and O–H groups in total. The largest absolute Gasteiger partial charge is 0.378 e. The summed E-state index contributed by atoms with van der Waals surface area (Å²) in [6.07, 6.45) is 18.7. The van der Waals surface area contributed by atoms with Gasteiger partial charge in [0, 0.05) is 30.5 Å². The zero-order valence-electron chi connectivity index (χ0n) is 20.6. The second-order valence-corrected chi connectivity index (χ2v) is 9.44. The van der Waals surface area contributed by atoms with E-state index in [9.17, 15) is 4.79 Å². The summed E-state index contributed by atoms with van der Waals surface area (Å²) < 4.78 is 11.2. The van der Waals surface area contributed by atoms with Gasteiger partial charge in [-0.3, -0.25) is 4.79 Å². The molecule has 1 aliphatic carbocycles. The fourth-order valence-corrected chi connectivity index (χ4v) is 5.45. The van der Waals surface area contributed by atoms with E-state index in [1.54, 1.807) is 11.1 Å². The smallest absolute Gasteiger partial charge is 0.214 e. The molecule has 4 heterocycles. The molecule has 0 bridgehead atoms. The Bertz CT molecular complexity index is 991. The Kier molecular flexibility index (Phi) is 8.62. The topological polar surface area (TPSA) is 66.9 Å². The predicted octanol–water partition coefficient (Wildman–Crippen LogP) is 4.74. The third-order valence-corrected chi connectivity index (χ3v) is 7.16. The van der Waals surface area contributed by atoms with Crippen molar-refractivity contribution in [1.82, 2.24) is 4.98 Å². The first kappa shape index (κ1) is 25.0. The number of nitrogens with zero attached hydrogens (tertiary/aromatic N) is 3. The predicted molar refractivity (Wildman–Crippen MR) is 140 cm³/mol. The highest BCUT2D eigenvalue weighted by Crippen LogP contribution is 2.38. The molecule has 6 rings (SSSR count). The van der Waals surface area contributed by atoms with Crippen LogP contribution in [-0.2, 0) is 20.8 Å². The van der Waals surface area contributed by atoms with Crippen molar-refractivity contribution in [1.29, 1.82) is 0 Å². The van der Waals surface area contributed by atoms with Crippen molar-refractivity contribution >= 4 is 29.3 Å². The molecule has 0 unspecified atom stereocenters.